The summed E-state index contributed by atoms with van der Waals surface area (Å²) in [5.74, 6) is 0.499. The number of thioether (sulfide) groups is 1. The van der Waals surface area contributed by atoms with Crippen LogP contribution >= 0.6 is 11.8 Å². The molecule has 1 aliphatic rings. The zero-order valence-corrected chi connectivity index (χ0v) is 15.6. The van der Waals surface area contributed by atoms with Crippen molar-refractivity contribution in [3.63, 3.8) is 0 Å². The van der Waals surface area contributed by atoms with E-state index in [0.717, 1.165) is 16.8 Å². The second-order valence-electron chi connectivity index (χ2n) is 6.09. The Morgan fingerprint density at radius 2 is 1.67 bits per heavy atom. The SMILES string of the molecule is Cc1ccc(/N=C2\S/C(=C\c3ccccc3)C(=O)N2c2ccccc2)nc1. The number of aliphatic imine (C=N–C) groups is 1. The summed E-state index contributed by atoms with van der Waals surface area (Å²) in [4.78, 5) is 24.4. The topological polar surface area (TPSA) is 45.6 Å². The summed E-state index contributed by atoms with van der Waals surface area (Å²) in [5.41, 5.74) is 2.84. The minimum absolute atomic E-state index is 0.0825. The third-order valence-corrected chi connectivity index (χ3v) is 4.99. The molecule has 1 aromatic heterocycles. The highest BCUT2D eigenvalue weighted by Crippen LogP contribution is 2.36. The van der Waals surface area contributed by atoms with Crippen LogP contribution in [0.25, 0.3) is 6.08 Å². The van der Waals surface area contributed by atoms with Gasteiger partial charge in [0.2, 0.25) is 0 Å². The summed E-state index contributed by atoms with van der Waals surface area (Å²) in [5, 5.41) is 0.602. The number of pyridine rings is 1. The van der Waals surface area contributed by atoms with Gasteiger partial charge in [0.1, 0.15) is 0 Å². The van der Waals surface area contributed by atoms with Crippen molar-refractivity contribution in [2.45, 2.75) is 6.92 Å². The number of hydrogen-bond donors (Lipinski definition) is 0. The summed E-state index contributed by atoms with van der Waals surface area (Å²) in [7, 11) is 0. The molecule has 0 spiro atoms. The molecule has 1 saturated heterocycles. The van der Waals surface area contributed by atoms with Crippen LogP contribution in [-0.4, -0.2) is 16.1 Å². The molecular formula is C22H17N3OS. The molecule has 1 aliphatic heterocycles. The first-order valence-electron chi connectivity index (χ1n) is 8.56. The van der Waals surface area contributed by atoms with E-state index in [0.29, 0.717) is 15.9 Å². The van der Waals surface area contributed by atoms with Crippen molar-refractivity contribution < 1.29 is 4.79 Å². The molecule has 0 bridgehead atoms. The first kappa shape index (κ1) is 17.2. The maximum Gasteiger partial charge on any atom is 0.271 e. The molecule has 0 aliphatic carbocycles. The molecule has 5 heteroatoms. The lowest BCUT2D eigenvalue weighted by molar-refractivity contribution is -0.113. The van der Waals surface area contributed by atoms with E-state index in [4.69, 9.17) is 0 Å². The lowest BCUT2D eigenvalue weighted by Gasteiger charge is -2.15. The standard InChI is InChI=1S/C22H17N3OS/c1-16-12-13-20(23-15-16)24-22-25(18-10-6-3-7-11-18)21(26)19(27-22)14-17-8-4-2-5-9-17/h2-15H,1H3/b19-14-,24-22-. The number of rotatable bonds is 3. The van der Waals surface area contributed by atoms with Gasteiger partial charge in [-0.3, -0.25) is 9.69 Å². The van der Waals surface area contributed by atoms with Crippen molar-refractivity contribution in [3.8, 4) is 0 Å². The van der Waals surface area contributed by atoms with E-state index in [1.165, 1.54) is 11.8 Å². The zero-order valence-electron chi connectivity index (χ0n) is 14.7. The molecule has 0 radical (unpaired) electrons. The molecule has 2 aromatic carbocycles. The normalized spacial score (nSPS) is 17.1. The molecule has 0 N–H and O–H groups in total. The van der Waals surface area contributed by atoms with Crippen molar-refractivity contribution in [1.82, 2.24) is 4.98 Å². The predicted octanol–water partition coefficient (Wildman–Crippen LogP) is 5.20. The van der Waals surface area contributed by atoms with Crippen molar-refractivity contribution >= 4 is 40.4 Å². The van der Waals surface area contributed by atoms with Crippen LogP contribution in [0, 0.1) is 6.92 Å². The maximum absolute atomic E-state index is 13.1. The minimum Gasteiger partial charge on any atom is -0.268 e. The zero-order chi connectivity index (χ0) is 18.6. The van der Waals surface area contributed by atoms with Gasteiger partial charge in [0, 0.05) is 6.20 Å². The van der Waals surface area contributed by atoms with Crippen molar-refractivity contribution in [2.24, 2.45) is 4.99 Å². The summed E-state index contributed by atoms with van der Waals surface area (Å²) in [6.07, 6.45) is 3.67. The Labute approximate surface area is 162 Å². The molecule has 0 atom stereocenters. The first-order valence-corrected chi connectivity index (χ1v) is 9.38. The van der Waals surface area contributed by atoms with Crippen LogP contribution in [0.5, 0.6) is 0 Å². The summed E-state index contributed by atoms with van der Waals surface area (Å²) in [6.45, 7) is 1.98. The summed E-state index contributed by atoms with van der Waals surface area (Å²) in [6, 6.07) is 23.2. The van der Waals surface area contributed by atoms with Crippen LogP contribution in [0.3, 0.4) is 0 Å². The third kappa shape index (κ3) is 3.83. The van der Waals surface area contributed by atoms with E-state index in [-0.39, 0.29) is 5.91 Å². The Morgan fingerprint density at radius 1 is 0.963 bits per heavy atom. The molecule has 27 heavy (non-hydrogen) atoms. The van der Waals surface area contributed by atoms with Gasteiger partial charge in [0.25, 0.3) is 5.91 Å². The predicted molar refractivity (Wildman–Crippen MR) is 112 cm³/mol. The van der Waals surface area contributed by atoms with E-state index in [9.17, 15) is 4.79 Å². The Balaban J connectivity index is 1.76. The summed E-state index contributed by atoms with van der Waals surface area (Å²) < 4.78 is 0. The van der Waals surface area contributed by atoms with Gasteiger partial charge >= 0.3 is 0 Å². The number of hydrogen-bond acceptors (Lipinski definition) is 4. The Bertz CT molecular complexity index is 1010. The molecule has 1 amide bonds. The van der Waals surface area contributed by atoms with Gasteiger partial charge < -0.3 is 0 Å². The number of anilines is 1. The van der Waals surface area contributed by atoms with E-state index in [1.54, 1.807) is 11.1 Å². The molecule has 132 valence electrons. The average Bonchev–Trinajstić information content (AvgIpc) is 3.00. The van der Waals surface area contributed by atoms with Gasteiger partial charge in [-0.15, -0.1) is 0 Å². The molecule has 1 fully saturated rings. The fraction of sp³-hybridized carbons (Fsp3) is 0.0455. The Kier molecular flexibility index (Phi) is 4.85. The van der Waals surface area contributed by atoms with Gasteiger partial charge in [-0.1, -0.05) is 54.6 Å². The number of aromatic nitrogens is 1. The number of para-hydroxylation sites is 1. The van der Waals surface area contributed by atoms with Crippen LogP contribution in [0.4, 0.5) is 11.5 Å². The molecular weight excluding hydrogens is 354 g/mol. The number of amidine groups is 1. The largest absolute Gasteiger partial charge is 0.271 e. The number of aryl methyl sites for hydroxylation is 1. The lowest BCUT2D eigenvalue weighted by Crippen LogP contribution is -2.28. The Morgan fingerprint density at radius 3 is 2.33 bits per heavy atom. The van der Waals surface area contributed by atoms with Crippen LogP contribution in [0.15, 0.2) is 88.9 Å². The lowest BCUT2D eigenvalue weighted by atomic mass is 10.2. The smallest absolute Gasteiger partial charge is 0.268 e. The quantitative estimate of drug-likeness (QED) is 0.595. The van der Waals surface area contributed by atoms with Crippen molar-refractivity contribution in [1.29, 1.82) is 0 Å². The highest BCUT2D eigenvalue weighted by Gasteiger charge is 2.34. The maximum atomic E-state index is 13.1. The first-order chi connectivity index (χ1) is 13.2. The second-order valence-corrected chi connectivity index (χ2v) is 7.09. The van der Waals surface area contributed by atoms with E-state index in [1.807, 2.05) is 85.8 Å². The number of amides is 1. The fourth-order valence-electron chi connectivity index (χ4n) is 2.68. The van der Waals surface area contributed by atoms with Crippen molar-refractivity contribution in [3.05, 3.63) is 95.0 Å². The van der Waals surface area contributed by atoms with Crippen molar-refractivity contribution in [2.75, 3.05) is 4.90 Å². The molecule has 3 aromatic rings. The average molecular weight is 371 g/mol. The monoisotopic (exact) mass is 371 g/mol. The molecule has 0 unspecified atom stereocenters. The number of benzene rings is 2. The number of carbonyl (C=O) groups excluding carboxylic acids is 1. The van der Waals surface area contributed by atoms with Crippen LogP contribution in [0.1, 0.15) is 11.1 Å². The van der Waals surface area contributed by atoms with Gasteiger partial charge in [0.15, 0.2) is 11.0 Å². The minimum atomic E-state index is -0.0825. The number of carbonyl (C=O) groups is 1. The van der Waals surface area contributed by atoms with E-state index < -0.39 is 0 Å². The number of nitrogens with zero attached hydrogens (tertiary/aromatic N) is 3. The van der Waals surface area contributed by atoms with Crippen LogP contribution in [-0.2, 0) is 4.79 Å². The molecule has 4 rings (SSSR count). The van der Waals surface area contributed by atoms with E-state index >= 15 is 0 Å². The fourth-order valence-corrected chi connectivity index (χ4v) is 3.67. The van der Waals surface area contributed by atoms with Gasteiger partial charge in [-0.2, -0.15) is 0 Å². The van der Waals surface area contributed by atoms with Crippen LogP contribution in [0.2, 0.25) is 0 Å². The van der Waals surface area contributed by atoms with Crippen LogP contribution < -0.4 is 4.90 Å². The van der Waals surface area contributed by atoms with Gasteiger partial charge in [0.05, 0.1) is 10.6 Å². The van der Waals surface area contributed by atoms with Gasteiger partial charge in [-0.25, -0.2) is 9.98 Å². The van der Waals surface area contributed by atoms with E-state index in [2.05, 4.69) is 9.98 Å². The molecule has 4 nitrogen and oxygen atoms in total. The summed E-state index contributed by atoms with van der Waals surface area (Å²) >= 11 is 1.36. The Hall–Kier alpha value is -3.18. The molecule has 0 saturated carbocycles. The molecule has 2 heterocycles. The second kappa shape index (κ2) is 7.60. The highest BCUT2D eigenvalue weighted by molar-refractivity contribution is 8.19. The third-order valence-electron chi connectivity index (χ3n) is 4.02. The van der Waals surface area contributed by atoms with Gasteiger partial charge in [-0.05, 0) is 54.1 Å². The highest BCUT2D eigenvalue weighted by atomic mass is 32.2.